The molecule has 23 heavy (non-hydrogen) atoms. The Balaban J connectivity index is 1.56. The lowest BCUT2D eigenvalue weighted by molar-refractivity contribution is -0.0932. The molecule has 2 saturated heterocycles. The highest BCUT2D eigenvalue weighted by molar-refractivity contribution is 5.99. The second-order valence-corrected chi connectivity index (χ2v) is 7.04. The molecule has 3 nitrogen and oxygen atoms in total. The number of hydrogen-bond donors (Lipinski definition) is 0. The van der Waals surface area contributed by atoms with Crippen molar-refractivity contribution < 1.29 is 18.7 Å². The van der Waals surface area contributed by atoms with Crippen molar-refractivity contribution in [3.8, 4) is 0 Å². The van der Waals surface area contributed by atoms with E-state index in [0.29, 0.717) is 36.0 Å². The van der Waals surface area contributed by atoms with Crippen molar-refractivity contribution in [1.82, 2.24) is 0 Å². The van der Waals surface area contributed by atoms with E-state index < -0.39 is 6.10 Å². The lowest BCUT2D eigenvalue weighted by Crippen LogP contribution is -2.40. The molecule has 0 aromatic heterocycles. The van der Waals surface area contributed by atoms with Gasteiger partial charge in [0.05, 0.1) is 12.7 Å². The maximum Gasteiger partial charge on any atom is 0.191 e. The summed E-state index contributed by atoms with van der Waals surface area (Å²) in [5, 5.41) is 0. The average Bonchev–Trinajstić information content (AvgIpc) is 2.57. The largest absolute Gasteiger partial charge is 0.378 e. The van der Waals surface area contributed by atoms with Crippen molar-refractivity contribution in [1.29, 1.82) is 0 Å². The molecule has 0 amide bonds. The lowest BCUT2D eigenvalue weighted by Gasteiger charge is -2.36. The van der Waals surface area contributed by atoms with Gasteiger partial charge in [-0.1, -0.05) is 19.1 Å². The van der Waals surface area contributed by atoms with Crippen LogP contribution in [0.4, 0.5) is 4.39 Å². The number of ketones is 1. The fourth-order valence-corrected chi connectivity index (χ4v) is 3.48. The van der Waals surface area contributed by atoms with E-state index in [9.17, 15) is 9.18 Å². The Morgan fingerprint density at radius 3 is 2.57 bits per heavy atom. The van der Waals surface area contributed by atoms with E-state index in [1.54, 1.807) is 19.1 Å². The summed E-state index contributed by atoms with van der Waals surface area (Å²) in [6.45, 7) is 5.29. The lowest BCUT2D eigenvalue weighted by atomic mass is 9.86. The summed E-state index contributed by atoms with van der Waals surface area (Å²) < 4.78 is 25.4. The van der Waals surface area contributed by atoms with E-state index in [1.165, 1.54) is 12.5 Å². The van der Waals surface area contributed by atoms with Crippen LogP contribution in [0.15, 0.2) is 18.2 Å². The highest BCUT2D eigenvalue weighted by atomic mass is 19.1. The fourth-order valence-electron chi connectivity index (χ4n) is 3.48. The first-order chi connectivity index (χ1) is 11.0. The Hall–Kier alpha value is -1.26. The van der Waals surface area contributed by atoms with Crippen LogP contribution in [-0.2, 0) is 9.47 Å². The van der Waals surface area contributed by atoms with Crippen LogP contribution < -0.4 is 0 Å². The Kier molecular flexibility index (Phi) is 5.12. The van der Waals surface area contributed by atoms with Crippen LogP contribution in [0.2, 0.25) is 0 Å². The zero-order valence-electron chi connectivity index (χ0n) is 13.9. The summed E-state index contributed by atoms with van der Waals surface area (Å²) in [6.07, 6.45) is 3.72. The van der Waals surface area contributed by atoms with Gasteiger partial charge in [-0.2, -0.15) is 0 Å². The highest BCUT2D eigenvalue weighted by Crippen LogP contribution is 2.31. The van der Waals surface area contributed by atoms with Crippen LogP contribution in [0.1, 0.15) is 48.5 Å². The van der Waals surface area contributed by atoms with Crippen molar-refractivity contribution >= 4 is 5.78 Å². The molecule has 0 spiro atoms. The number of aryl methyl sites for hydroxylation is 1. The van der Waals surface area contributed by atoms with Crippen LogP contribution in [0.5, 0.6) is 0 Å². The van der Waals surface area contributed by atoms with Gasteiger partial charge in [-0.25, -0.2) is 4.39 Å². The van der Waals surface area contributed by atoms with Crippen molar-refractivity contribution in [3.05, 3.63) is 35.1 Å². The molecule has 2 fully saturated rings. The number of hydrogen-bond acceptors (Lipinski definition) is 3. The standard InChI is InChI=1S/C19H25FO3/c1-12-3-7-17(22-10-12)15-6-8-18(23-11-15)19(21)14-5-4-13(2)16(20)9-14/h4-5,9,12,15,17-18H,3,6-8,10-11H2,1-2H3. The number of rotatable bonds is 3. The number of carbonyl (C=O) groups is 1. The first-order valence-electron chi connectivity index (χ1n) is 8.58. The van der Waals surface area contributed by atoms with E-state index >= 15 is 0 Å². The Labute approximate surface area is 137 Å². The smallest absolute Gasteiger partial charge is 0.191 e. The molecule has 3 rings (SSSR count). The minimum absolute atomic E-state index is 0.111. The predicted molar refractivity (Wildman–Crippen MR) is 86.1 cm³/mol. The number of carbonyl (C=O) groups excluding carboxylic acids is 1. The second-order valence-electron chi connectivity index (χ2n) is 7.04. The number of benzene rings is 1. The summed E-state index contributed by atoms with van der Waals surface area (Å²) in [6, 6.07) is 4.64. The molecular formula is C19H25FO3. The van der Waals surface area contributed by atoms with Gasteiger partial charge in [0.1, 0.15) is 11.9 Å². The summed E-state index contributed by atoms with van der Waals surface area (Å²) in [5.41, 5.74) is 0.953. The maximum atomic E-state index is 13.6. The minimum atomic E-state index is -0.448. The molecule has 0 N–H and O–H groups in total. The van der Waals surface area contributed by atoms with Crippen LogP contribution >= 0.6 is 0 Å². The summed E-state index contributed by atoms with van der Waals surface area (Å²) in [5.74, 6) is 0.567. The molecule has 0 bridgehead atoms. The number of halogens is 1. The quantitative estimate of drug-likeness (QED) is 0.792. The van der Waals surface area contributed by atoms with Gasteiger partial charge in [-0.3, -0.25) is 4.79 Å². The van der Waals surface area contributed by atoms with Gasteiger partial charge in [-0.15, -0.1) is 0 Å². The Morgan fingerprint density at radius 2 is 1.96 bits per heavy atom. The molecule has 0 radical (unpaired) electrons. The first-order valence-corrected chi connectivity index (χ1v) is 8.58. The van der Waals surface area contributed by atoms with Gasteiger partial charge in [0.2, 0.25) is 0 Å². The zero-order valence-corrected chi connectivity index (χ0v) is 13.9. The molecule has 2 aliphatic heterocycles. The predicted octanol–water partition coefficient (Wildman–Crippen LogP) is 3.93. The Morgan fingerprint density at radius 1 is 1.13 bits per heavy atom. The first kappa shape index (κ1) is 16.6. The van der Waals surface area contributed by atoms with E-state index in [1.807, 2.05) is 0 Å². The Bertz CT molecular complexity index is 556. The molecule has 1 aromatic carbocycles. The van der Waals surface area contributed by atoms with Gasteiger partial charge in [0.25, 0.3) is 0 Å². The molecule has 4 unspecified atom stereocenters. The van der Waals surface area contributed by atoms with Crippen molar-refractivity contribution in [2.24, 2.45) is 11.8 Å². The van der Waals surface area contributed by atoms with Gasteiger partial charge in [0, 0.05) is 18.1 Å². The SMILES string of the molecule is Cc1ccc(C(=O)C2CCC(C3CCC(C)CO3)CO2)cc1F. The molecule has 0 aliphatic carbocycles. The van der Waals surface area contributed by atoms with Crippen LogP contribution in [0.25, 0.3) is 0 Å². The van der Waals surface area contributed by atoms with Crippen LogP contribution in [0.3, 0.4) is 0 Å². The number of ether oxygens (including phenoxy) is 2. The van der Waals surface area contributed by atoms with E-state index in [-0.39, 0.29) is 17.7 Å². The molecule has 4 heteroatoms. The fraction of sp³-hybridized carbons (Fsp3) is 0.632. The molecule has 2 aliphatic rings. The van der Waals surface area contributed by atoms with E-state index in [2.05, 4.69) is 6.92 Å². The minimum Gasteiger partial charge on any atom is -0.378 e. The summed E-state index contributed by atoms with van der Waals surface area (Å²) in [4.78, 5) is 12.5. The van der Waals surface area contributed by atoms with Crippen molar-refractivity contribution in [2.45, 2.75) is 51.7 Å². The molecule has 4 atom stereocenters. The normalized spacial score (nSPS) is 31.8. The molecular weight excluding hydrogens is 295 g/mol. The average molecular weight is 320 g/mol. The van der Waals surface area contributed by atoms with Gasteiger partial charge >= 0.3 is 0 Å². The van der Waals surface area contributed by atoms with Gasteiger partial charge in [0.15, 0.2) is 5.78 Å². The molecule has 0 saturated carbocycles. The summed E-state index contributed by atoms with van der Waals surface area (Å²) >= 11 is 0. The maximum absolute atomic E-state index is 13.6. The summed E-state index contributed by atoms with van der Waals surface area (Å²) in [7, 11) is 0. The molecule has 126 valence electrons. The van der Waals surface area contributed by atoms with Gasteiger partial charge < -0.3 is 9.47 Å². The van der Waals surface area contributed by atoms with Crippen LogP contribution in [0, 0.1) is 24.6 Å². The van der Waals surface area contributed by atoms with E-state index in [4.69, 9.17) is 9.47 Å². The van der Waals surface area contributed by atoms with E-state index in [0.717, 1.165) is 19.4 Å². The van der Waals surface area contributed by atoms with Gasteiger partial charge in [-0.05, 0) is 50.2 Å². The second kappa shape index (κ2) is 7.10. The third kappa shape index (κ3) is 3.81. The highest BCUT2D eigenvalue weighted by Gasteiger charge is 2.34. The monoisotopic (exact) mass is 320 g/mol. The van der Waals surface area contributed by atoms with Crippen molar-refractivity contribution in [2.75, 3.05) is 13.2 Å². The molecule has 2 heterocycles. The third-order valence-electron chi connectivity index (χ3n) is 5.12. The van der Waals surface area contributed by atoms with Crippen LogP contribution in [-0.4, -0.2) is 31.2 Å². The third-order valence-corrected chi connectivity index (χ3v) is 5.12. The number of Topliss-reactive ketones (excluding diaryl/α,β-unsaturated/α-hetero) is 1. The topological polar surface area (TPSA) is 35.5 Å². The zero-order chi connectivity index (χ0) is 16.4. The van der Waals surface area contributed by atoms with Crippen molar-refractivity contribution in [3.63, 3.8) is 0 Å². The molecule has 1 aromatic rings.